The molecule has 3 rings (SSSR count). The molecular weight excluding hydrogens is 276 g/mol. The van der Waals surface area contributed by atoms with Crippen molar-refractivity contribution in [2.24, 2.45) is 0 Å². The van der Waals surface area contributed by atoms with Gasteiger partial charge >= 0.3 is 0 Å². The molecule has 1 aromatic heterocycles. The van der Waals surface area contributed by atoms with E-state index >= 15 is 0 Å². The van der Waals surface area contributed by atoms with E-state index in [9.17, 15) is 5.26 Å². The van der Waals surface area contributed by atoms with Crippen LogP contribution >= 0.6 is 0 Å². The van der Waals surface area contributed by atoms with E-state index in [-0.39, 0.29) is 5.69 Å². The molecule has 112 valence electrons. The van der Waals surface area contributed by atoms with Crippen LogP contribution in [-0.2, 0) is 12.8 Å². The van der Waals surface area contributed by atoms with Crippen molar-refractivity contribution in [2.45, 2.75) is 12.8 Å². The third-order valence-electron chi connectivity index (χ3n) is 3.88. The molecule has 0 radical (unpaired) electrons. The molecule has 0 unspecified atom stereocenters. The van der Waals surface area contributed by atoms with Gasteiger partial charge in [0.05, 0.1) is 0 Å². The van der Waals surface area contributed by atoms with E-state index in [2.05, 4.69) is 50.4 Å². The summed E-state index contributed by atoms with van der Waals surface area (Å²) < 4.78 is 0. The zero-order valence-corrected chi connectivity index (χ0v) is 12.8. The Morgan fingerprint density at radius 2 is 1.73 bits per heavy atom. The number of hydrogen-bond donors (Lipinski definition) is 0. The van der Waals surface area contributed by atoms with E-state index < -0.39 is 0 Å². The largest absolute Gasteiger partial charge is 0.353 e. The van der Waals surface area contributed by atoms with Gasteiger partial charge in [-0.2, -0.15) is 10.2 Å². The Balaban J connectivity index is 1.92. The Labute approximate surface area is 130 Å². The molecular formula is C16H18N6. The van der Waals surface area contributed by atoms with Gasteiger partial charge in [-0.1, -0.05) is 24.3 Å². The summed E-state index contributed by atoms with van der Waals surface area (Å²) in [5, 5.41) is 17.3. The van der Waals surface area contributed by atoms with E-state index in [0.717, 1.165) is 25.9 Å². The first-order valence-electron chi connectivity index (χ1n) is 7.33. The fourth-order valence-electron chi connectivity index (χ4n) is 2.67. The number of benzene rings is 1. The SMILES string of the molecule is CN(C)c1nnc(C#N)c(N2CCc3ccccc3CC2)n1. The van der Waals surface area contributed by atoms with E-state index in [0.29, 0.717) is 11.8 Å². The van der Waals surface area contributed by atoms with Gasteiger partial charge in [-0.25, -0.2) is 0 Å². The first kappa shape index (κ1) is 14.3. The minimum atomic E-state index is 0.288. The fourth-order valence-corrected chi connectivity index (χ4v) is 2.67. The lowest BCUT2D eigenvalue weighted by molar-refractivity contribution is 0.769. The number of nitriles is 1. The summed E-state index contributed by atoms with van der Waals surface area (Å²) in [6.07, 6.45) is 1.89. The van der Waals surface area contributed by atoms with Crippen molar-refractivity contribution in [3.63, 3.8) is 0 Å². The third kappa shape index (κ3) is 2.70. The average Bonchev–Trinajstić information content (AvgIpc) is 2.76. The van der Waals surface area contributed by atoms with Crippen molar-refractivity contribution in [2.75, 3.05) is 37.0 Å². The maximum Gasteiger partial charge on any atom is 0.246 e. The molecule has 1 aliphatic heterocycles. The summed E-state index contributed by atoms with van der Waals surface area (Å²) in [7, 11) is 3.73. The Kier molecular flexibility index (Phi) is 3.88. The average molecular weight is 294 g/mol. The molecule has 0 N–H and O–H groups in total. The molecule has 1 aromatic carbocycles. The maximum atomic E-state index is 9.29. The van der Waals surface area contributed by atoms with Crippen LogP contribution in [0.5, 0.6) is 0 Å². The Bertz CT molecular complexity index is 692. The first-order valence-corrected chi connectivity index (χ1v) is 7.33. The summed E-state index contributed by atoms with van der Waals surface area (Å²) >= 11 is 0. The summed E-state index contributed by atoms with van der Waals surface area (Å²) in [5.74, 6) is 1.16. The van der Waals surface area contributed by atoms with Gasteiger partial charge in [-0.3, -0.25) is 0 Å². The van der Waals surface area contributed by atoms with Crippen LogP contribution in [0.2, 0.25) is 0 Å². The van der Waals surface area contributed by atoms with Crippen LogP contribution in [0.15, 0.2) is 24.3 Å². The van der Waals surface area contributed by atoms with Gasteiger partial charge in [-0.15, -0.1) is 10.2 Å². The lowest BCUT2D eigenvalue weighted by Gasteiger charge is -2.22. The molecule has 6 nitrogen and oxygen atoms in total. The van der Waals surface area contributed by atoms with Crippen LogP contribution < -0.4 is 9.80 Å². The molecule has 2 heterocycles. The van der Waals surface area contributed by atoms with Crippen LogP contribution in [-0.4, -0.2) is 42.4 Å². The summed E-state index contributed by atoms with van der Waals surface area (Å²) in [5.41, 5.74) is 3.04. The monoisotopic (exact) mass is 294 g/mol. The second kappa shape index (κ2) is 5.98. The minimum Gasteiger partial charge on any atom is -0.353 e. The first-order chi connectivity index (χ1) is 10.7. The van der Waals surface area contributed by atoms with Crippen molar-refractivity contribution in [3.05, 3.63) is 41.1 Å². The lowest BCUT2D eigenvalue weighted by atomic mass is 10.0. The Morgan fingerprint density at radius 3 is 2.27 bits per heavy atom. The highest BCUT2D eigenvalue weighted by Crippen LogP contribution is 2.22. The molecule has 0 fully saturated rings. The molecule has 2 aromatic rings. The zero-order valence-electron chi connectivity index (χ0n) is 12.8. The minimum absolute atomic E-state index is 0.288. The van der Waals surface area contributed by atoms with Crippen LogP contribution in [0, 0.1) is 11.3 Å². The Hall–Kier alpha value is -2.68. The van der Waals surface area contributed by atoms with Gasteiger partial charge in [0.15, 0.2) is 5.82 Å². The number of aromatic nitrogens is 3. The standard InChI is InChI=1S/C16H18N6/c1-21(2)16-18-15(14(11-17)19-20-16)22-9-7-12-5-3-4-6-13(12)8-10-22/h3-6H,7-10H2,1-2H3. The predicted octanol–water partition coefficient (Wildman–Crippen LogP) is 1.41. The summed E-state index contributed by atoms with van der Waals surface area (Å²) in [4.78, 5) is 8.46. The molecule has 0 aliphatic carbocycles. The van der Waals surface area contributed by atoms with Gasteiger partial charge in [0.2, 0.25) is 11.6 Å². The van der Waals surface area contributed by atoms with Gasteiger partial charge in [0, 0.05) is 27.2 Å². The Morgan fingerprint density at radius 1 is 1.09 bits per heavy atom. The number of rotatable bonds is 2. The van der Waals surface area contributed by atoms with E-state index in [1.807, 2.05) is 14.1 Å². The molecule has 0 amide bonds. The van der Waals surface area contributed by atoms with Crippen LogP contribution in [0.25, 0.3) is 0 Å². The predicted molar refractivity (Wildman–Crippen MR) is 84.9 cm³/mol. The molecule has 6 heteroatoms. The normalized spacial score (nSPS) is 14.0. The van der Waals surface area contributed by atoms with Crippen molar-refractivity contribution < 1.29 is 0 Å². The van der Waals surface area contributed by atoms with Crippen molar-refractivity contribution in [3.8, 4) is 6.07 Å². The maximum absolute atomic E-state index is 9.29. The molecule has 0 saturated heterocycles. The number of anilines is 2. The van der Waals surface area contributed by atoms with Crippen molar-refractivity contribution in [1.29, 1.82) is 5.26 Å². The second-order valence-electron chi connectivity index (χ2n) is 5.55. The van der Waals surface area contributed by atoms with Crippen LogP contribution in [0.4, 0.5) is 11.8 Å². The van der Waals surface area contributed by atoms with Crippen molar-refractivity contribution in [1.82, 2.24) is 15.2 Å². The highest BCUT2D eigenvalue weighted by atomic mass is 15.3. The number of hydrogen-bond acceptors (Lipinski definition) is 6. The van der Waals surface area contributed by atoms with E-state index in [1.165, 1.54) is 11.1 Å². The highest BCUT2D eigenvalue weighted by Gasteiger charge is 2.20. The van der Waals surface area contributed by atoms with E-state index in [1.54, 1.807) is 4.90 Å². The molecule has 0 atom stereocenters. The number of fused-ring (bicyclic) bond motifs is 1. The molecule has 0 spiro atoms. The second-order valence-corrected chi connectivity index (χ2v) is 5.55. The van der Waals surface area contributed by atoms with Crippen LogP contribution in [0.1, 0.15) is 16.8 Å². The summed E-state index contributed by atoms with van der Waals surface area (Å²) in [6, 6.07) is 10.6. The molecule has 1 aliphatic rings. The van der Waals surface area contributed by atoms with Gasteiger partial charge in [0.1, 0.15) is 6.07 Å². The van der Waals surface area contributed by atoms with Gasteiger partial charge in [-0.05, 0) is 24.0 Å². The summed E-state index contributed by atoms with van der Waals surface area (Å²) in [6.45, 7) is 1.66. The third-order valence-corrected chi connectivity index (χ3v) is 3.88. The fraction of sp³-hybridized carbons (Fsp3) is 0.375. The van der Waals surface area contributed by atoms with E-state index in [4.69, 9.17) is 0 Å². The van der Waals surface area contributed by atoms with Gasteiger partial charge < -0.3 is 9.80 Å². The van der Waals surface area contributed by atoms with Gasteiger partial charge in [0.25, 0.3) is 0 Å². The quantitative estimate of drug-likeness (QED) is 0.834. The van der Waals surface area contributed by atoms with Crippen molar-refractivity contribution >= 4 is 11.8 Å². The number of nitrogens with zero attached hydrogens (tertiary/aromatic N) is 6. The van der Waals surface area contributed by atoms with Crippen LogP contribution in [0.3, 0.4) is 0 Å². The smallest absolute Gasteiger partial charge is 0.246 e. The highest BCUT2D eigenvalue weighted by molar-refractivity contribution is 5.53. The molecule has 0 bridgehead atoms. The lowest BCUT2D eigenvalue weighted by Crippen LogP contribution is -2.29. The molecule has 0 saturated carbocycles. The topological polar surface area (TPSA) is 68.9 Å². The zero-order chi connectivity index (χ0) is 15.5. The molecule has 22 heavy (non-hydrogen) atoms.